The third-order valence-corrected chi connectivity index (χ3v) is 2.81. The van der Waals surface area contributed by atoms with Crippen LogP contribution in [0.3, 0.4) is 0 Å². The predicted octanol–water partition coefficient (Wildman–Crippen LogP) is 3.61. The molecule has 0 amide bonds. The van der Waals surface area contributed by atoms with Crippen LogP contribution < -0.4 is 0 Å². The van der Waals surface area contributed by atoms with Crippen molar-refractivity contribution in [2.75, 3.05) is 0 Å². The lowest BCUT2D eigenvalue weighted by molar-refractivity contribution is -0.114. The van der Waals surface area contributed by atoms with Crippen molar-refractivity contribution in [2.24, 2.45) is 0 Å². The standard InChI is InChI=1S/C12H16OS/c1-10(2)9-11(13)5-3-6-12-7-4-8-14-12/h4,7-9H,3,5-6H2,1-2H3. The van der Waals surface area contributed by atoms with E-state index in [0.717, 1.165) is 18.4 Å². The lowest BCUT2D eigenvalue weighted by Gasteiger charge is -1.96. The number of carbonyl (C=O) groups excluding carboxylic acids is 1. The van der Waals surface area contributed by atoms with E-state index in [-0.39, 0.29) is 5.78 Å². The van der Waals surface area contributed by atoms with Crippen LogP contribution in [-0.4, -0.2) is 5.78 Å². The van der Waals surface area contributed by atoms with Gasteiger partial charge in [-0.15, -0.1) is 11.3 Å². The van der Waals surface area contributed by atoms with E-state index in [1.165, 1.54) is 4.88 Å². The molecule has 14 heavy (non-hydrogen) atoms. The van der Waals surface area contributed by atoms with Gasteiger partial charge in [-0.25, -0.2) is 0 Å². The number of aryl methyl sites for hydroxylation is 1. The molecule has 0 aliphatic rings. The maximum Gasteiger partial charge on any atom is 0.155 e. The molecule has 0 saturated heterocycles. The third-order valence-electron chi connectivity index (χ3n) is 1.88. The van der Waals surface area contributed by atoms with Gasteiger partial charge in [0.1, 0.15) is 0 Å². The molecule has 0 spiro atoms. The summed E-state index contributed by atoms with van der Waals surface area (Å²) < 4.78 is 0. The fourth-order valence-corrected chi connectivity index (χ4v) is 2.04. The Labute approximate surface area is 89.5 Å². The summed E-state index contributed by atoms with van der Waals surface area (Å²) in [6, 6.07) is 4.17. The molecule has 1 rings (SSSR count). The Kier molecular flexibility index (Phi) is 4.60. The molecule has 0 fully saturated rings. The fraction of sp³-hybridized carbons (Fsp3) is 0.417. The summed E-state index contributed by atoms with van der Waals surface area (Å²) in [6.45, 7) is 3.91. The van der Waals surface area contributed by atoms with Crippen LogP contribution in [0.5, 0.6) is 0 Å². The number of allylic oxidation sites excluding steroid dienone is 2. The van der Waals surface area contributed by atoms with Crippen molar-refractivity contribution in [2.45, 2.75) is 33.1 Å². The van der Waals surface area contributed by atoms with Crippen molar-refractivity contribution in [3.05, 3.63) is 34.0 Å². The molecule has 0 aromatic carbocycles. The Bertz CT molecular complexity index is 305. The highest BCUT2D eigenvalue weighted by atomic mass is 32.1. The Balaban J connectivity index is 2.22. The molecule has 1 aromatic rings. The van der Waals surface area contributed by atoms with Crippen molar-refractivity contribution in [3.8, 4) is 0 Å². The van der Waals surface area contributed by atoms with Crippen LogP contribution in [0.25, 0.3) is 0 Å². The van der Waals surface area contributed by atoms with Crippen LogP contribution in [-0.2, 0) is 11.2 Å². The second kappa shape index (κ2) is 5.76. The topological polar surface area (TPSA) is 17.1 Å². The highest BCUT2D eigenvalue weighted by molar-refractivity contribution is 7.09. The smallest absolute Gasteiger partial charge is 0.155 e. The van der Waals surface area contributed by atoms with Gasteiger partial charge in [0.2, 0.25) is 0 Å². The molecule has 2 heteroatoms. The lowest BCUT2D eigenvalue weighted by atomic mass is 10.1. The largest absolute Gasteiger partial charge is 0.295 e. The van der Waals surface area contributed by atoms with Gasteiger partial charge in [0, 0.05) is 11.3 Å². The predicted molar refractivity (Wildman–Crippen MR) is 61.7 cm³/mol. The van der Waals surface area contributed by atoms with Crippen LogP contribution in [0.15, 0.2) is 29.2 Å². The monoisotopic (exact) mass is 208 g/mol. The number of carbonyl (C=O) groups is 1. The number of hydrogen-bond acceptors (Lipinski definition) is 2. The van der Waals surface area contributed by atoms with Crippen LogP contribution in [0.1, 0.15) is 31.6 Å². The van der Waals surface area contributed by atoms with Gasteiger partial charge in [-0.05, 0) is 44.2 Å². The molecule has 0 aliphatic carbocycles. The number of thiophene rings is 1. The molecule has 76 valence electrons. The molecular weight excluding hydrogens is 192 g/mol. The summed E-state index contributed by atoms with van der Waals surface area (Å²) >= 11 is 1.76. The van der Waals surface area contributed by atoms with Crippen molar-refractivity contribution in [1.82, 2.24) is 0 Å². The van der Waals surface area contributed by atoms with Gasteiger partial charge in [0.05, 0.1) is 0 Å². The zero-order chi connectivity index (χ0) is 10.4. The molecule has 0 N–H and O–H groups in total. The third kappa shape index (κ3) is 4.38. The average Bonchev–Trinajstić information content (AvgIpc) is 2.55. The number of rotatable bonds is 5. The Hall–Kier alpha value is -0.890. The first kappa shape index (κ1) is 11.2. The van der Waals surface area contributed by atoms with Crippen LogP contribution in [0, 0.1) is 0 Å². The van der Waals surface area contributed by atoms with E-state index in [0.29, 0.717) is 6.42 Å². The van der Waals surface area contributed by atoms with E-state index in [9.17, 15) is 4.79 Å². The molecule has 0 saturated carbocycles. The summed E-state index contributed by atoms with van der Waals surface area (Å²) in [7, 11) is 0. The first-order valence-corrected chi connectivity index (χ1v) is 5.76. The van der Waals surface area contributed by atoms with Gasteiger partial charge >= 0.3 is 0 Å². The van der Waals surface area contributed by atoms with Gasteiger partial charge < -0.3 is 0 Å². The molecule has 0 radical (unpaired) electrons. The second-order valence-electron chi connectivity index (χ2n) is 3.62. The zero-order valence-electron chi connectivity index (χ0n) is 8.75. The van der Waals surface area contributed by atoms with Gasteiger partial charge in [0.25, 0.3) is 0 Å². The zero-order valence-corrected chi connectivity index (χ0v) is 9.56. The fourth-order valence-electron chi connectivity index (χ4n) is 1.29. The van der Waals surface area contributed by atoms with Gasteiger partial charge in [-0.2, -0.15) is 0 Å². The number of hydrogen-bond donors (Lipinski definition) is 0. The van der Waals surface area contributed by atoms with Crippen LogP contribution in [0.2, 0.25) is 0 Å². The first-order chi connectivity index (χ1) is 6.68. The van der Waals surface area contributed by atoms with E-state index in [2.05, 4.69) is 17.5 Å². The van der Waals surface area contributed by atoms with E-state index in [1.54, 1.807) is 17.4 Å². The maximum atomic E-state index is 11.3. The normalized spacial score (nSPS) is 9.86. The maximum absolute atomic E-state index is 11.3. The van der Waals surface area contributed by atoms with Crippen LogP contribution >= 0.6 is 11.3 Å². The Morgan fingerprint density at radius 2 is 2.29 bits per heavy atom. The van der Waals surface area contributed by atoms with Gasteiger partial charge in [0.15, 0.2) is 5.78 Å². The molecule has 1 aromatic heterocycles. The van der Waals surface area contributed by atoms with Gasteiger partial charge in [-0.3, -0.25) is 4.79 Å². The van der Waals surface area contributed by atoms with Crippen molar-refractivity contribution < 1.29 is 4.79 Å². The van der Waals surface area contributed by atoms with E-state index in [1.807, 2.05) is 13.8 Å². The molecule has 0 aliphatic heterocycles. The quantitative estimate of drug-likeness (QED) is 0.676. The summed E-state index contributed by atoms with van der Waals surface area (Å²) in [6.07, 6.45) is 4.39. The first-order valence-electron chi connectivity index (χ1n) is 4.88. The minimum Gasteiger partial charge on any atom is -0.295 e. The second-order valence-corrected chi connectivity index (χ2v) is 4.65. The SMILES string of the molecule is CC(C)=CC(=O)CCCc1cccs1. The van der Waals surface area contributed by atoms with E-state index >= 15 is 0 Å². The molecule has 1 nitrogen and oxygen atoms in total. The minimum atomic E-state index is 0.251. The highest BCUT2D eigenvalue weighted by Crippen LogP contribution is 2.12. The minimum absolute atomic E-state index is 0.251. The average molecular weight is 208 g/mol. The molecule has 0 unspecified atom stereocenters. The van der Waals surface area contributed by atoms with Crippen molar-refractivity contribution in [1.29, 1.82) is 0 Å². The lowest BCUT2D eigenvalue weighted by Crippen LogP contribution is -1.94. The molecular formula is C12H16OS. The van der Waals surface area contributed by atoms with Crippen molar-refractivity contribution in [3.63, 3.8) is 0 Å². The van der Waals surface area contributed by atoms with Crippen molar-refractivity contribution >= 4 is 17.1 Å². The summed E-state index contributed by atoms with van der Waals surface area (Å²) in [4.78, 5) is 12.7. The summed E-state index contributed by atoms with van der Waals surface area (Å²) in [5.74, 6) is 0.251. The Morgan fingerprint density at radius 3 is 2.86 bits per heavy atom. The van der Waals surface area contributed by atoms with Crippen LogP contribution in [0.4, 0.5) is 0 Å². The molecule has 0 bridgehead atoms. The van der Waals surface area contributed by atoms with E-state index in [4.69, 9.17) is 0 Å². The van der Waals surface area contributed by atoms with E-state index < -0.39 is 0 Å². The van der Waals surface area contributed by atoms with Gasteiger partial charge in [-0.1, -0.05) is 11.6 Å². The number of ketones is 1. The molecule has 1 heterocycles. The Morgan fingerprint density at radius 1 is 1.50 bits per heavy atom. The summed E-state index contributed by atoms with van der Waals surface area (Å²) in [5.41, 5.74) is 1.09. The highest BCUT2D eigenvalue weighted by Gasteiger charge is 1.99. The molecule has 0 atom stereocenters. The summed E-state index contributed by atoms with van der Waals surface area (Å²) in [5, 5.41) is 2.08.